The molecule has 0 aliphatic carbocycles. The second kappa shape index (κ2) is 8.81. The molecule has 0 aliphatic rings. The van der Waals surface area contributed by atoms with Crippen LogP contribution in [0.5, 0.6) is 0 Å². The second-order valence-electron chi connectivity index (χ2n) is 6.89. The van der Waals surface area contributed by atoms with Gasteiger partial charge in [0.2, 0.25) is 0 Å². The van der Waals surface area contributed by atoms with Gasteiger partial charge in [0.15, 0.2) is 5.13 Å². The first-order valence-electron chi connectivity index (χ1n) is 9.36. The van der Waals surface area contributed by atoms with Crippen LogP contribution in [0.15, 0.2) is 66.7 Å². The van der Waals surface area contributed by atoms with Crippen molar-refractivity contribution in [3.05, 3.63) is 94.3 Å². The normalized spacial score (nSPS) is 11.0. The molecule has 152 valence electrons. The molecule has 0 saturated carbocycles. The van der Waals surface area contributed by atoms with E-state index in [4.69, 9.17) is 16.7 Å². The Morgan fingerprint density at radius 1 is 1.07 bits per heavy atom. The molecular formula is C23H18ClFN2O2S. The number of halogens is 2. The Morgan fingerprint density at radius 3 is 2.53 bits per heavy atom. The van der Waals surface area contributed by atoms with Gasteiger partial charge in [-0.1, -0.05) is 53.3 Å². The van der Waals surface area contributed by atoms with E-state index in [0.29, 0.717) is 28.3 Å². The van der Waals surface area contributed by atoms with Crippen LogP contribution in [0.2, 0.25) is 5.02 Å². The van der Waals surface area contributed by atoms with Crippen molar-refractivity contribution < 1.29 is 14.3 Å². The van der Waals surface area contributed by atoms with Gasteiger partial charge in [-0.3, -0.25) is 0 Å². The number of rotatable bonds is 7. The molecule has 1 aromatic heterocycles. The maximum absolute atomic E-state index is 14.2. The standard InChI is InChI=1S/C23H18ClFN2O2S/c24-18-4-1-3-15(13-18)11-12-27(14-16-7-9-17(10-8-16)22(28)29)23-26-20-6-2-5-19(25)21(20)30-23/h1-10,13H,11-12,14H2,(H,28,29). The third-order valence-electron chi connectivity index (χ3n) is 4.76. The Hall–Kier alpha value is -2.96. The highest BCUT2D eigenvalue weighted by molar-refractivity contribution is 7.22. The molecule has 4 nitrogen and oxygen atoms in total. The molecule has 0 unspecified atom stereocenters. The van der Waals surface area contributed by atoms with Gasteiger partial charge in [0.25, 0.3) is 0 Å². The van der Waals surface area contributed by atoms with Crippen LogP contribution in [-0.2, 0) is 13.0 Å². The van der Waals surface area contributed by atoms with E-state index in [-0.39, 0.29) is 11.4 Å². The largest absolute Gasteiger partial charge is 0.478 e. The molecule has 0 spiro atoms. The first kappa shape index (κ1) is 20.3. The number of carbonyl (C=O) groups is 1. The third kappa shape index (κ3) is 4.61. The number of nitrogens with zero attached hydrogens (tertiary/aromatic N) is 2. The van der Waals surface area contributed by atoms with Crippen molar-refractivity contribution in [2.45, 2.75) is 13.0 Å². The quantitative estimate of drug-likeness (QED) is 0.381. The number of carboxylic acids is 1. The summed E-state index contributed by atoms with van der Waals surface area (Å²) in [6.07, 6.45) is 0.742. The SMILES string of the molecule is O=C(O)c1ccc(CN(CCc2cccc(Cl)c2)c2nc3cccc(F)c3s2)cc1. The van der Waals surface area contributed by atoms with E-state index in [1.165, 1.54) is 17.4 Å². The van der Waals surface area contributed by atoms with Crippen molar-refractivity contribution in [2.24, 2.45) is 0 Å². The fraction of sp³-hybridized carbons (Fsp3) is 0.130. The van der Waals surface area contributed by atoms with Crippen molar-refractivity contribution >= 4 is 44.3 Å². The zero-order chi connectivity index (χ0) is 21.1. The summed E-state index contributed by atoms with van der Waals surface area (Å²) in [4.78, 5) is 17.8. The lowest BCUT2D eigenvalue weighted by atomic mass is 10.1. The van der Waals surface area contributed by atoms with E-state index in [1.54, 1.807) is 36.4 Å². The summed E-state index contributed by atoms with van der Waals surface area (Å²) in [6, 6.07) is 19.4. The molecule has 7 heteroatoms. The van der Waals surface area contributed by atoms with Crippen molar-refractivity contribution in [3.63, 3.8) is 0 Å². The third-order valence-corrected chi connectivity index (χ3v) is 6.14. The summed E-state index contributed by atoms with van der Waals surface area (Å²) >= 11 is 7.42. The number of hydrogen-bond donors (Lipinski definition) is 1. The number of aromatic carboxylic acids is 1. The Labute approximate surface area is 182 Å². The maximum atomic E-state index is 14.2. The van der Waals surface area contributed by atoms with Gasteiger partial charge in [-0.05, 0) is 53.9 Å². The fourth-order valence-electron chi connectivity index (χ4n) is 3.21. The Bertz CT molecular complexity index is 1190. The molecule has 0 radical (unpaired) electrons. The lowest BCUT2D eigenvalue weighted by Gasteiger charge is -2.22. The van der Waals surface area contributed by atoms with E-state index in [9.17, 15) is 9.18 Å². The highest BCUT2D eigenvalue weighted by Crippen LogP contribution is 2.31. The van der Waals surface area contributed by atoms with Crippen molar-refractivity contribution in [1.29, 1.82) is 0 Å². The topological polar surface area (TPSA) is 53.4 Å². The predicted molar refractivity (Wildman–Crippen MR) is 119 cm³/mol. The number of carboxylic acid groups (broad SMARTS) is 1. The predicted octanol–water partition coefficient (Wildman–Crippen LogP) is 6.04. The number of aromatic nitrogens is 1. The van der Waals surface area contributed by atoms with E-state index in [1.807, 2.05) is 24.3 Å². The number of hydrogen-bond acceptors (Lipinski definition) is 4. The molecule has 4 aromatic rings. The molecular weight excluding hydrogens is 423 g/mol. The van der Waals surface area contributed by atoms with E-state index >= 15 is 0 Å². The van der Waals surface area contributed by atoms with Gasteiger partial charge < -0.3 is 10.0 Å². The summed E-state index contributed by atoms with van der Waals surface area (Å²) in [5.74, 6) is -1.24. The van der Waals surface area contributed by atoms with Gasteiger partial charge in [0, 0.05) is 18.1 Å². The molecule has 4 rings (SSSR count). The minimum absolute atomic E-state index is 0.242. The molecule has 0 fully saturated rings. The highest BCUT2D eigenvalue weighted by Gasteiger charge is 2.15. The number of benzene rings is 3. The number of thiazole rings is 1. The van der Waals surface area contributed by atoms with Crippen LogP contribution in [0.25, 0.3) is 10.2 Å². The minimum atomic E-state index is -0.957. The average molecular weight is 441 g/mol. The minimum Gasteiger partial charge on any atom is -0.478 e. The van der Waals surface area contributed by atoms with Gasteiger partial charge in [-0.15, -0.1) is 0 Å². The van der Waals surface area contributed by atoms with Gasteiger partial charge in [-0.2, -0.15) is 0 Å². The zero-order valence-electron chi connectivity index (χ0n) is 15.9. The van der Waals surface area contributed by atoms with Crippen LogP contribution < -0.4 is 4.90 Å². The summed E-state index contributed by atoms with van der Waals surface area (Å²) in [5.41, 5.74) is 2.92. The van der Waals surface area contributed by atoms with Gasteiger partial charge >= 0.3 is 5.97 Å². The Morgan fingerprint density at radius 2 is 1.83 bits per heavy atom. The van der Waals surface area contributed by atoms with Crippen molar-refractivity contribution in [3.8, 4) is 0 Å². The van der Waals surface area contributed by atoms with Crippen molar-refractivity contribution in [1.82, 2.24) is 4.98 Å². The maximum Gasteiger partial charge on any atom is 0.335 e. The first-order valence-corrected chi connectivity index (χ1v) is 10.6. The summed E-state index contributed by atoms with van der Waals surface area (Å²) in [6.45, 7) is 1.18. The lowest BCUT2D eigenvalue weighted by molar-refractivity contribution is 0.0697. The summed E-state index contributed by atoms with van der Waals surface area (Å²) < 4.78 is 14.7. The Balaban J connectivity index is 1.62. The van der Waals surface area contributed by atoms with Crippen LogP contribution in [0, 0.1) is 5.82 Å². The fourth-order valence-corrected chi connectivity index (χ4v) is 4.42. The van der Waals surface area contributed by atoms with Crippen LogP contribution in [0.4, 0.5) is 9.52 Å². The van der Waals surface area contributed by atoms with E-state index < -0.39 is 5.97 Å². The monoisotopic (exact) mass is 440 g/mol. The van der Waals surface area contributed by atoms with Crippen LogP contribution in [0.1, 0.15) is 21.5 Å². The molecule has 1 heterocycles. The van der Waals surface area contributed by atoms with Gasteiger partial charge in [-0.25, -0.2) is 14.2 Å². The smallest absolute Gasteiger partial charge is 0.335 e. The molecule has 30 heavy (non-hydrogen) atoms. The molecule has 0 bridgehead atoms. The average Bonchev–Trinajstić information content (AvgIpc) is 3.17. The molecule has 0 atom stereocenters. The molecule has 1 N–H and O–H groups in total. The van der Waals surface area contributed by atoms with Crippen LogP contribution >= 0.6 is 22.9 Å². The zero-order valence-corrected chi connectivity index (χ0v) is 17.5. The van der Waals surface area contributed by atoms with E-state index in [2.05, 4.69) is 9.88 Å². The summed E-state index contributed by atoms with van der Waals surface area (Å²) in [7, 11) is 0. The van der Waals surface area contributed by atoms with Crippen LogP contribution in [0.3, 0.4) is 0 Å². The molecule has 3 aromatic carbocycles. The van der Waals surface area contributed by atoms with Crippen LogP contribution in [-0.4, -0.2) is 22.6 Å². The van der Waals surface area contributed by atoms with Crippen molar-refractivity contribution in [2.75, 3.05) is 11.4 Å². The Kier molecular flexibility index (Phi) is 5.97. The lowest BCUT2D eigenvalue weighted by Crippen LogP contribution is -2.25. The molecule has 0 aliphatic heterocycles. The first-order chi connectivity index (χ1) is 14.5. The van der Waals surface area contributed by atoms with Gasteiger partial charge in [0.1, 0.15) is 5.82 Å². The van der Waals surface area contributed by atoms with Gasteiger partial charge in [0.05, 0.1) is 15.8 Å². The van der Waals surface area contributed by atoms with E-state index in [0.717, 1.165) is 22.7 Å². The second-order valence-corrected chi connectivity index (χ2v) is 8.30. The molecule has 0 amide bonds. The summed E-state index contributed by atoms with van der Waals surface area (Å²) in [5, 5.41) is 10.5. The molecule has 0 saturated heterocycles. The number of anilines is 1. The highest BCUT2D eigenvalue weighted by atomic mass is 35.5. The number of fused-ring (bicyclic) bond motifs is 1.